The van der Waals surface area contributed by atoms with E-state index in [4.69, 9.17) is 20.4 Å². The Morgan fingerprint density at radius 1 is 0.909 bits per heavy atom. The first-order chi connectivity index (χ1) is 4.46. The molecular formula is C4H7LiO6. The molecule has 0 aromatic heterocycles. The van der Waals surface area contributed by atoms with Crippen molar-refractivity contribution in [1.82, 2.24) is 0 Å². The Labute approximate surface area is 73.6 Å². The van der Waals surface area contributed by atoms with Crippen LogP contribution in [0.4, 0.5) is 0 Å². The second kappa shape index (κ2) is 5.15. The third-order valence-corrected chi connectivity index (χ3v) is 0.805. The molecule has 0 radical (unpaired) electrons. The van der Waals surface area contributed by atoms with Crippen molar-refractivity contribution in [3.63, 3.8) is 0 Å². The summed E-state index contributed by atoms with van der Waals surface area (Å²) < 4.78 is 0. The van der Waals surface area contributed by atoms with Gasteiger partial charge in [0.25, 0.3) is 0 Å². The van der Waals surface area contributed by atoms with Gasteiger partial charge in [-0.15, -0.1) is 0 Å². The van der Waals surface area contributed by atoms with Gasteiger partial charge in [0.05, 0.1) is 0 Å². The summed E-state index contributed by atoms with van der Waals surface area (Å²) in [5.41, 5.74) is 0. The summed E-state index contributed by atoms with van der Waals surface area (Å²) in [4.78, 5) is 19.5. The molecule has 0 fully saturated rings. The van der Waals surface area contributed by atoms with Crippen molar-refractivity contribution in [2.45, 2.75) is 12.2 Å². The molecule has 0 aliphatic carbocycles. The fourth-order valence-electron chi connectivity index (χ4n) is 0.270. The number of carboxylic acid groups (broad SMARTS) is 2. The van der Waals surface area contributed by atoms with E-state index in [1.54, 1.807) is 0 Å². The van der Waals surface area contributed by atoms with Gasteiger partial charge in [-0.3, -0.25) is 0 Å². The summed E-state index contributed by atoms with van der Waals surface area (Å²) >= 11 is 0. The van der Waals surface area contributed by atoms with Crippen LogP contribution in [-0.2, 0) is 9.59 Å². The van der Waals surface area contributed by atoms with Gasteiger partial charge in [0, 0.05) is 0 Å². The summed E-state index contributed by atoms with van der Waals surface area (Å²) in [5, 5.41) is 32.5. The molecule has 0 aliphatic heterocycles. The molecule has 60 valence electrons. The monoisotopic (exact) mass is 158 g/mol. The van der Waals surface area contributed by atoms with E-state index < -0.39 is 24.1 Å². The van der Waals surface area contributed by atoms with E-state index in [-0.39, 0.29) is 18.9 Å². The third kappa shape index (κ3) is 4.01. The molecule has 0 saturated carbocycles. The fourth-order valence-corrected chi connectivity index (χ4v) is 0.270. The van der Waals surface area contributed by atoms with Crippen LogP contribution in [-0.4, -0.2) is 63.4 Å². The summed E-state index contributed by atoms with van der Waals surface area (Å²) in [7, 11) is 0. The van der Waals surface area contributed by atoms with Crippen LogP contribution in [0, 0.1) is 0 Å². The fraction of sp³-hybridized carbons (Fsp3) is 0.500. The average molecular weight is 158 g/mol. The first kappa shape index (κ1) is 13.1. The number of carbonyl (C=O) groups is 2. The van der Waals surface area contributed by atoms with Crippen LogP contribution in [0.1, 0.15) is 0 Å². The second-order valence-electron chi connectivity index (χ2n) is 1.57. The second-order valence-corrected chi connectivity index (χ2v) is 1.57. The number of carboxylic acids is 2. The van der Waals surface area contributed by atoms with E-state index in [0.717, 1.165) is 0 Å². The van der Waals surface area contributed by atoms with Crippen LogP contribution in [0.25, 0.3) is 0 Å². The first-order valence-corrected chi connectivity index (χ1v) is 2.28. The molecule has 0 aromatic carbocycles. The summed E-state index contributed by atoms with van der Waals surface area (Å²) in [5.74, 6) is -3.54. The Bertz CT molecular complexity index is 139. The summed E-state index contributed by atoms with van der Waals surface area (Å²) in [6, 6.07) is 0. The van der Waals surface area contributed by atoms with E-state index in [2.05, 4.69) is 0 Å². The van der Waals surface area contributed by atoms with Gasteiger partial charge in [0.15, 0.2) is 12.2 Å². The van der Waals surface area contributed by atoms with Gasteiger partial charge in [-0.05, 0) is 0 Å². The van der Waals surface area contributed by atoms with E-state index in [1.165, 1.54) is 0 Å². The quantitative estimate of drug-likeness (QED) is 0.330. The Morgan fingerprint density at radius 3 is 1.18 bits per heavy atom. The Balaban J connectivity index is 0. The molecule has 2 atom stereocenters. The van der Waals surface area contributed by atoms with Crippen molar-refractivity contribution in [3.05, 3.63) is 0 Å². The molecule has 0 aromatic rings. The van der Waals surface area contributed by atoms with Crippen LogP contribution < -0.4 is 0 Å². The molecular weight excluding hydrogens is 151 g/mol. The summed E-state index contributed by atoms with van der Waals surface area (Å²) in [6.07, 6.45) is -4.53. The molecule has 0 bridgehead atoms. The van der Waals surface area contributed by atoms with Gasteiger partial charge < -0.3 is 20.4 Å². The van der Waals surface area contributed by atoms with E-state index in [9.17, 15) is 9.59 Å². The molecule has 4 N–H and O–H groups in total. The van der Waals surface area contributed by atoms with Crippen molar-refractivity contribution in [2.24, 2.45) is 0 Å². The zero-order valence-electron chi connectivity index (χ0n) is 4.76. The van der Waals surface area contributed by atoms with Crippen molar-refractivity contribution in [2.75, 3.05) is 0 Å². The maximum atomic E-state index is 9.77. The Hall–Kier alpha value is -0.543. The first-order valence-electron chi connectivity index (χ1n) is 2.28. The van der Waals surface area contributed by atoms with Crippen LogP contribution >= 0.6 is 0 Å². The van der Waals surface area contributed by atoms with Crippen LogP contribution in [0.15, 0.2) is 0 Å². The van der Waals surface area contributed by atoms with Crippen molar-refractivity contribution < 1.29 is 30.0 Å². The zero-order valence-corrected chi connectivity index (χ0v) is 4.76. The number of hydrogen-bond acceptors (Lipinski definition) is 4. The molecule has 0 spiro atoms. The zero-order chi connectivity index (χ0) is 8.31. The maximum absolute atomic E-state index is 9.77. The average Bonchev–Trinajstić information content (AvgIpc) is 1.84. The standard InChI is InChI=1S/C4H6O6.Li.H/c5-1(3(7)8)2(6)4(9)10;;/h1-2,5-6H,(H,7,8)(H,9,10);;. The van der Waals surface area contributed by atoms with Gasteiger partial charge in [0.1, 0.15) is 0 Å². The molecule has 0 saturated heterocycles. The molecule has 0 amide bonds. The van der Waals surface area contributed by atoms with Crippen LogP contribution in [0.5, 0.6) is 0 Å². The van der Waals surface area contributed by atoms with Gasteiger partial charge in [-0.1, -0.05) is 0 Å². The Kier molecular flexibility index (Phi) is 6.13. The van der Waals surface area contributed by atoms with Crippen LogP contribution in [0.3, 0.4) is 0 Å². The molecule has 0 aliphatic rings. The SMILES string of the molecule is O=C(O)C(O)C(O)C(=O)O.[LiH]. The predicted molar refractivity (Wildman–Crippen MR) is 34.4 cm³/mol. The number of aliphatic hydroxyl groups is 2. The normalized spacial score (nSPS) is 14.4. The van der Waals surface area contributed by atoms with Crippen molar-refractivity contribution in [3.8, 4) is 0 Å². The van der Waals surface area contributed by atoms with Crippen LogP contribution in [0.2, 0.25) is 0 Å². The topological polar surface area (TPSA) is 115 Å². The third-order valence-electron chi connectivity index (χ3n) is 0.805. The molecule has 0 heterocycles. The van der Waals surface area contributed by atoms with E-state index >= 15 is 0 Å². The minimum absolute atomic E-state index is 0. The number of hydrogen-bond donors (Lipinski definition) is 4. The predicted octanol–water partition coefficient (Wildman–Crippen LogP) is -2.77. The van der Waals surface area contributed by atoms with Crippen molar-refractivity contribution >= 4 is 30.8 Å². The number of rotatable bonds is 3. The van der Waals surface area contributed by atoms with Gasteiger partial charge in [0.2, 0.25) is 0 Å². The molecule has 11 heavy (non-hydrogen) atoms. The summed E-state index contributed by atoms with van der Waals surface area (Å²) in [6.45, 7) is 0. The van der Waals surface area contributed by atoms with Gasteiger partial charge in [-0.2, -0.15) is 0 Å². The number of aliphatic carboxylic acids is 2. The van der Waals surface area contributed by atoms with E-state index in [0.29, 0.717) is 0 Å². The van der Waals surface area contributed by atoms with Gasteiger partial charge in [-0.25, -0.2) is 9.59 Å². The Morgan fingerprint density at radius 2 is 1.09 bits per heavy atom. The number of aliphatic hydroxyl groups excluding tert-OH is 2. The van der Waals surface area contributed by atoms with Crippen molar-refractivity contribution in [1.29, 1.82) is 0 Å². The van der Waals surface area contributed by atoms with Gasteiger partial charge >= 0.3 is 30.8 Å². The molecule has 0 rings (SSSR count). The molecule has 6 nitrogen and oxygen atoms in total. The molecule has 2 unspecified atom stereocenters. The van der Waals surface area contributed by atoms with E-state index in [1.807, 2.05) is 0 Å². The minimum atomic E-state index is -2.27. The molecule has 7 heteroatoms.